The van der Waals surface area contributed by atoms with E-state index in [1.807, 2.05) is 0 Å². The zero-order chi connectivity index (χ0) is 23.6. The molecule has 3 rings (SSSR count). The lowest BCUT2D eigenvalue weighted by atomic mass is 9.92. The van der Waals surface area contributed by atoms with Gasteiger partial charge in [0.05, 0.1) is 21.4 Å². The van der Waals surface area contributed by atoms with Crippen LogP contribution in [0.3, 0.4) is 0 Å². The van der Waals surface area contributed by atoms with Crippen molar-refractivity contribution >= 4 is 51.3 Å². The smallest absolute Gasteiger partial charge is 0.317 e. The minimum atomic E-state index is -4.74. The topological polar surface area (TPSA) is 67.2 Å². The Morgan fingerprint density at radius 3 is 2.27 bits per heavy atom. The molecule has 6 nitrogen and oxygen atoms in total. The van der Waals surface area contributed by atoms with Gasteiger partial charge in [0.1, 0.15) is 10.6 Å². The fourth-order valence-corrected chi connectivity index (χ4v) is 6.91. The van der Waals surface area contributed by atoms with Gasteiger partial charge >= 0.3 is 6.55 Å². The van der Waals surface area contributed by atoms with Gasteiger partial charge in [-0.05, 0) is 76.2 Å². The van der Waals surface area contributed by atoms with E-state index in [-0.39, 0.29) is 43.8 Å². The van der Waals surface area contributed by atoms with Crippen LogP contribution in [0, 0.1) is 19.8 Å². The van der Waals surface area contributed by atoms with E-state index in [0.717, 1.165) is 44.3 Å². The molecule has 1 N–H and O–H groups in total. The quantitative estimate of drug-likeness (QED) is 0.445. The van der Waals surface area contributed by atoms with E-state index in [4.69, 9.17) is 23.2 Å². The number of benzene rings is 1. The first kappa shape index (κ1) is 28.1. The number of halogens is 5. The van der Waals surface area contributed by atoms with Crippen molar-refractivity contribution in [1.82, 2.24) is 15.1 Å². The minimum absolute atomic E-state index is 0. The van der Waals surface area contributed by atoms with Crippen molar-refractivity contribution in [3.05, 3.63) is 39.1 Å². The molecule has 1 aliphatic heterocycles. The predicted octanol–water partition coefficient (Wildman–Crippen LogP) is 5.51. The van der Waals surface area contributed by atoms with Crippen LogP contribution in [0.4, 0.5) is 14.5 Å². The predicted molar refractivity (Wildman–Crippen MR) is 131 cm³/mol. The third kappa shape index (κ3) is 6.11. The van der Waals surface area contributed by atoms with Crippen LogP contribution in [0.15, 0.2) is 17.0 Å². The number of anilines is 1. The summed E-state index contributed by atoms with van der Waals surface area (Å²) in [4.78, 5) is -0.522. The number of nitrogens with zero attached hydrogens (tertiary/aromatic N) is 3. The average molecular weight is 546 g/mol. The Kier molecular flexibility index (Phi) is 9.82. The van der Waals surface area contributed by atoms with Gasteiger partial charge in [-0.3, -0.25) is 4.68 Å². The summed E-state index contributed by atoms with van der Waals surface area (Å²) < 4.78 is 56.1. The summed E-state index contributed by atoms with van der Waals surface area (Å²) in [6, 6.07) is 3.02. The fraction of sp³-hybridized carbons (Fsp3) is 0.571. The van der Waals surface area contributed by atoms with Crippen LogP contribution in [-0.2, 0) is 23.5 Å². The molecule has 0 saturated carbocycles. The Morgan fingerprint density at radius 1 is 1.21 bits per heavy atom. The number of rotatable bonds is 8. The summed E-state index contributed by atoms with van der Waals surface area (Å²) in [7, 11) is -3.19. The molecule has 2 heterocycles. The van der Waals surface area contributed by atoms with E-state index in [2.05, 4.69) is 10.4 Å². The Hall–Kier alpha value is -1.13. The molecule has 186 valence electrons. The molecular weight excluding hydrogens is 517 g/mol. The molecule has 1 saturated heterocycles. The Bertz CT molecular complexity index is 1050. The number of nitrogens with one attached hydrogen (secondary N) is 1. The first-order valence-corrected chi connectivity index (χ1v) is 12.7. The van der Waals surface area contributed by atoms with E-state index in [1.165, 1.54) is 30.7 Å². The maximum absolute atomic E-state index is 14.0. The monoisotopic (exact) mass is 544 g/mol. The van der Waals surface area contributed by atoms with Gasteiger partial charge in [0.2, 0.25) is 0 Å². The van der Waals surface area contributed by atoms with E-state index in [0.29, 0.717) is 12.3 Å². The summed E-state index contributed by atoms with van der Waals surface area (Å²) in [5.74, 6) is 0.674. The number of piperidine rings is 1. The van der Waals surface area contributed by atoms with Crippen molar-refractivity contribution in [2.24, 2.45) is 13.0 Å². The highest BCUT2D eigenvalue weighted by Gasteiger charge is 2.38. The lowest BCUT2D eigenvalue weighted by Crippen LogP contribution is -2.36. The van der Waals surface area contributed by atoms with E-state index in [1.54, 1.807) is 7.05 Å². The zero-order valence-electron chi connectivity index (χ0n) is 18.7. The lowest BCUT2D eigenvalue weighted by Gasteiger charge is -2.25. The van der Waals surface area contributed by atoms with Gasteiger partial charge in [-0.1, -0.05) is 29.6 Å². The number of hydrogen-bond donors (Lipinski definition) is 1. The first-order chi connectivity index (χ1) is 15.0. The average Bonchev–Trinajstić information content (AvgIpc) is 2.94. The van der Waals surface area contributed by atoms with Gasteiger partial charge in [0, 0.05) is 7.05 Å². The largest absolute Gasteiger partial charge is 0.328 e. The maximum atomic E-state index is 14.0. The van der Waals surface area contributed by atoms with E-state index >= 15 is 0 Å². The normalized spacial score (nSPS) is 15.0. The molecule has 0 atom stereocenters. The number of alkyl halides is 2. The molecule has 1 aromatic heterocycles. The Labute approximate surface area is 210 Å². The van der Waals surface area contributed by atoms with Gasteiger partial charge in [0.25, 0.3) is 10.0 Å². The molecule has 0 amide bonds. The highest BCUT2D eigenvalue weighted by Crippen LogP contribution is 2.38. The molecular formula is C21H29Cl3F2N4O2S. The second-order valence-electron chi connectivity index (χ2n) is 8.20. The van der Waals surface area contributed by atoms with Crippen molar-refractivity contribution in [3.8, 4) is 0 Å². The van der Waals surface area contributed by atoms with Crippen LogP contribution in [0.25, 0.3) is 0 Å². The van der Waals surface area contributed by atoms with Gasteiger partial charge < -0.3 is 5.32 Å². The second-order valence-corrected chi connectivity index (χ2v) is 10.8. The van der Waals surface area contributed by atoms with Crippen LogP contribution in [0.5, 0.6) is 0 Å². The van der Waals surface area contributed by atoms with Gasteiger partial charge in [-0.2, -0.15) is 13.9 Å². The molecule has 1 aliphatic rings. The van der Waals surface area contributed by atoms with Crippen LogP contribution in [0.1, 0.15) is 42.6 Å². The van der Waals surface area contributed by atoms with Crippen molar-refractivity contribution in [2.45, 2.75) is 57.4 Å². The van der Waals surface area contributed by atoms with Crippen LogP contribution < -0.4 is 9.62 Å². The van der Waals surface area contributed by atoms with Crippen molar-refractivity contribution in [1.29, 1.82) is 0 Å². The third-order valence-corrected chi connectivity index (χ3v) is 8.62. The molecule has 0 aliphatic carbocycles. The molecule has 1 fully saturated rings. The summed E-state index contributed by atoms with van der Waals surface area (Å²) in [5.41, 5.74) is 1.05. The highest BCUT2D eigenvalue weighted by atomic mass is 35.5. The number of sulfonamides is 1. The lowest BCUT2D eigenvalue weighted by molar-refractivity contribution is 0.161. The van der Waals surface area contributed by atoms with Crippen LogP contribution in [0.2, 0.25) is 10.0 Å². The SMILES string of the molecule is Cc1nn(C)c(C)c1N(C(F)F)S(=O)(=O)c1c(Cl)cc(CCCC2CCNCC2)cc1Cl.Cl. The van der Waals surface area contributed by atoms with Crippen LogP contribution in [-0.4, -0.2) is 37.8 Å². The molecule has 0 spiro atoms. The van der Waals surface area contributed by atoms with E-state index < -0.39 is 21.5 Å². The van der Waals surface area contributed by atoms with Crippen molar-refractivity contribution in [3.63, 3.8) is 0 Å². The van der Waals surface area contributed by atoms with Gasteiger partial charge in [0.15, 0.2) is 0 Å². The Balaban J connectivity index is 0.00000385. The van der Waals surface area contributed by atoms with Crippen molar-refractivity contribution in [2.75, 3.05) is 17.4 Å². The number of aryl methyl sites for hydroxylation is 3. The first-order valence-electron chi connectivity index (χ1n) is 10.6. The van der Waals surface area contributed by atoms with Gasteiger partial charge in [-0.25, -0.2) is 12.7 Å². The summed E-state index contributed by atoms with van der Waals surface area (Å²) in [6.45, 7) is 1.73. The third-order valence-electron chi connectivity index (χ3n) is 5.98. The fourth-order valence-electron chi connectivity index (χ4n) is 4.27. The minimum Gasteiger partial charge on any atom is -0.317 e. The molecule has 0 unspecified atom stereocenters. The second kappa shape index (κ2) is 11.5. The molecule has 12 heteroatoms. The van der Waals surface area contributed by atoms with Gasteiger partial charge in [-0.15, -0.1) is 12.4 Å². The van der Waals surface area contributed by atoms with Crippen molar-refractivity contribution < 1.29 is 17.2 Å². The zero-order valence-corrected chi connectivity index (χ0v) is 21.9. The summed E-state index contributed by atoms with van der Waals surface area (Å²) in [6.07, 6.45) is 4.96. The molecule has 2 aromatic rings. The highest BCUT2D eigenvalue weighted by molar-refractivity contribution is 7.93. The van der Waals surface area contributed by atoms with E-state index in [9.17, 15) is 17.2 Å². The molecule has 33 heavy (non-hydrogen) atoms. The molecule has 0 radical (unpaired) electrons. The number of aromatic nitrogens is 2. The molecule has 0 bridgehead atoms. The number of hydrogen-bond acceptors (Lipinski definition) is 4. The molecule has 1 aromatic carbocycles. The maximum Gasteiger partial charge on any atom is 0.328 e. The summed E-state index contributed by atoms with van der Waals surface area (Å²) >= 11 is 12.6. The van der Waals surface area contributed by atoms with Crippen LogP contribution >= 0.6 is 35.6 Å². The Morgan fingerprint density at radius 2 is 1.79 bits per heavy atom. The standard InChI is InChI=1S/C21H28Cl2F2N4O2S.ClH/c1-13-19(14(2)28(3)27-13)29(21(24)25)32(30,31)20-17(22)11-16(12-18(20)23)6-4-5-15-7-9-26-10-8-15;/h11-12,15,21,26H,4-10H2,1-3H3;1H. The summed E-state index contributed by atoms with van der Waals surface area (Å²) in [5, 5.41) is 7.07.